The van der Waals surface area contributed by atoms with Crippen LogP contribution in [0.5, 0.6) is 5.75 Å². The Morgan fingerprint density at radius 2 is 1.74 bits per heavy atom. The van der Waals surface area contributed by atoms with Crippen molar-refractivity contribution in [2.24, 2.45) is 15.7 Å². The molecule has 16 nitrogen and oxygen atoms in total. The van der Waals surface area contributed by atoms with Crippen molar-refractivity contribution in [3.05, 3.63) is 82.9 Å². The number of nitrogens with two attached hydrogens (primary N) is 1. The summed E-state index contributed by atoms with van der Waals surface area (Å²) in [6, 6.07) is 10.6. The highest BCUT2D eigenvalue weighted by Crippen LogP contribution is 2.31. The highest BCUT2D eigenvalue weighted by molar-refractivity contribution is 6.04. The van der Waals surface area contributed by atoms with Gasteiger partial charge in [-0.15, -0.1) is 0 Å². The molecule has 0 aliphatic heterocycles. The van der Waals surface area contributed by atoms with Crippen LogP contribution in [0.15, 0.2) is 64.8 Å². The predicted molar refractivity (Wildman–Crippen MR) is 187 cm³/mol. The van der Waals surface area contributed by atoms with Gasteiger partial charge < -0.3 is 34.2 Å². The van der Waals surface area contributed by atoms with Gasteiger partial charge in [-0.25, -0.2) is 28.3 Å². The summed E-state index contributed by atoms with van der Waals surface area (Å²) in [4.78, 5) is 51.6. The minimum Gasteiger partial charge on any atom is -0.487 e. The molecular weight excluding hydrogens is 700 g/mol. The monoisotopic (exact) mass is 741 g/mol. The summed E-state index contributed by atoms with van der Waals surface area (Å²) in [6.45, 7) is 5.41. The van der Waals surface area contributed by atoms with Crippen molar-refractivity contribution in [2.45, 2.75) is 52.6 Å². The number of ether oxygens (including phenoxy) is 6. The number of amides is 1. The van der Waals surface area contributed by atoms with Crippen LogP contribution in [0.1, 0.15) is 55.9 Å². The van der Waals surface area contributed by atoms with E-state index in [0.29, 0.717) is 16.7 Å². The average molecular weight is 742 g/mol. The van der Waals surface area contributed by atoms with E-state index < -0.39 is 55.0 Å². The third-order valence-corrected chi connectivity index (χ3v) is 6.79. The fourth-order valence-electron chi connectivity index (χ4n) is 4.34. The molecule has 1 heterocycles. The quantitative estimate of drug-likeness (QED) is 0.0458. The van der Waals surface area contributed by atoms with E-state index in [1.54, 1.807) is 50.2 Å². The number of nitrogens with zero attached hydrogens (tertiary/aromatic N) is 4. The van der Waals surface area contributed by atoms with Crippen molar-refractivity contribution in [1.29, 1.82) is 5.41 Å². The third-order valence-electron chi connectivity index (χ3n) is 6.79. The van der Waals surface area contributed by atoms with Crippen LogP contribution >= 0.6 is 0 Å². The van der Waals surface area contributed by atoms with Gasteiger partial charge in [-0.1, -0.05) is 30.3 Å². The maximum Gasteiger partial charge on any atom is 0.511 e. The van der Waals surface area contributed by atoms with Crippen molar-refractivity contribution in [3.63, 3.8) is 0 Å². The van der Waals surface area contributed by atoms with Crippen LogP contribution < -0.4 is 15.8 Å². The number of nitrogens with one attached hydrogen (secondary N) is 2. The van der Waals surface area contributed by atoms with Crippen LogP contribution in [0.25, 0.3) is 0 Å². The molecule has 0 aliphatic carbocycles. The first-order chi connectivity index (χ1) is 25.2. The molecule has 53 heavy (non-hydrogen) atoms. The van der Waals surface area contributed by atoms with Gasteiger partial charge in [0, 0.05) is 36.4 Å². The SMILES string of the molecule is CCOC(=O)NC(=N)c1ccc(C[C@@H](C(N)=NC(=Nc2ncccn2)OCOC(=O)OC(C)(C)CF)c2cc(C)cc(OCCOC(C)=O)c2F)cc1. The molecule has 3 rings (SSSR count). The Bertz CT molecular complexity index is 1790. The van der Waals surface area contributed by atoms with Gasteiger partial charge in [0.25, 0.3) is 5.95 Å². The molecule has 1 atom stereocenters. The Morgan fingerprint density at radius 1 is 1.04 bits per heavy atom. The van der Waals surface area contributed by atoms with Gasteiger partial charge in [0.2, 0.25) is 6.79 Å². The summed E-state index contributed by atoms with van der Waals surface area (Å²) in [5.41, 5.74) is 6.79. The Hall–Kier alpha value is -6.20. The first-order valence-corrected chi connectivity index (χ1v) is 16.1. The molecule has 0 radical (unpaired) electrons. The molecule has 2 aromatic carbocycles. The number of carbonyl (C=O) groups excluding carboxylic acids is 3. The molecule has 0 bridgehead atoms. The summed E-state index contributed by atoms with van der Waals surface area (Å²) >= 11 is 0. The average Bonchev–Trinajstić information content (AvgIpc) is 3.10. The Labute approximate surface area is 304 Å². The zero-order valence-corrected chi connectivity index (χ0v) is 29.8. The van der Waals surface area contributed by atoms with Crippen molar-refractivity contribution in [1.82, 2.24) is 15.3 Å². The van der Waals surface area contributed by atoms with Gasteiger partial charge in [-0.3, -0.25) is 15.5 Å². The molecule has 3 aromatic rings. The van der Waals surface area contributed by atoms with Gasteiger partial charge in [0.1, 0.15) is 37.2 Å². The summed E-state index contributed by atoms with van der Waals surface area (Å²) in [5.74, 6) is -2.96. The number of benzene rings is 2. The lowest BCUT2D eigenvalue weighted by molar-refractivity contribution is -0.141. The lowest BCUT2D eigenvalue weighted by Crippen LogP contribution is -2.31. The van der Waals surface area contributed by atoms with Gasteiger partial charge >= 0.3 is 24.2 Å². The summed E-state index contributed by atoms with van der Waals surface area (Å²) in [7, 11) is 0. The largest absolute Gasteiger partial charge is 0.511 e. The van der Waals surface area contributed by atoms with Crippen LogP contribution in [0.2, 0.25) is 0 Å². The van der Waals surface area contributed by atoms with Crippen molar-refractivity contribution < 1.29 is 51.6 Å². The van der Waals surface area contributed by atoms with Crippen LogP contribution in [-0.4, -0.2) is 84.8 Å². The number of halogens is 2. The number of aromatic nitrogens is 2. The smallest absolute Gasteiger partial charge is 0.487 e. The second-order valence-corrected chi connectivity index (χ2v) is 11.7. The van der Waals surface area contributed by atoms with Gasteiger partial charge in [-0.05, 0) is 57.4 Å². The van der Waals surface area contributed by atoms with Crippen LogP contribution in [0.3, 0.4) is 0 Å². The standard InChI is InChI=1S/C35H41F2N7O9/c1-6-48-33(46)43-29(38)24-10-8-23(9-11-24)18-26(25-16-21(2)17-27(28(25)37)50-15-14-49-22(3)45)30(39)42-32(44-31-40-12-7-13-41-31)51-20-52-34(47)53-35(4,5)19-36/h7-13,16-17,26H,6,14-15,18-20H2,1-5H3,(H2,38,43,46)(H2,39,40,41,42,44)/t26-/m1/s1. The fourth-order valence-corrected chi connectivity index (χ4v) is 4.34. The third kappa shape index (κ3) is 13.8. The van der Waals surface area contributed by atoms with Crippen molar-refractivity contribution in [2.75, 3.05) is 33.3 Å². The fraction of sp³-hybridized carbons (Fsp3) is 0.371. The summed E-state index contributed by atoms with van der Waals surface area (Å²) < 4.78 is 60.0. The van der Waals surface area contributed by atoms with Gasteiger partial charge in [0.15, 0.2) is 11.6 Å². The highest BCUT2D eigenvalue weighted by Gasteiger charge is 2.26. The first-order valence-electron chi connectivity index (χ1n) is 16.1. The second-order valence-electron chi connectivity index (χ2n) is 11.7. The minimum absolute atomic E-state index is 0.0395. The summed E-state index contributed by atoms with van der Waals surface area (Å²) in [5, 5.41) is 10.5. The number of hydrogen-bond acceptors (Lipinski definition) is 13. The number of aliphatic imine (C=N–C) groups is 2. The Balaban J connectivity index is 2.02. The molecule has 284 valence electrons. The number of amidine groups is 3. The van der Waals surface area contributed by atoms with Gasteiger partial charge in [-0.2, -0.15) is 9.98 Å². The molecule has 0 saturated carbocycles. The van der Waals surface area contributed by atoms with E-state index in [1.807, 2.05) is 0 Å². The number of carbonyl (C=O) groups is 3. The summed E-state index contributed by atoms with van der Waals surface area (Å²) in [6.07, 6.45) is 0.844. The zero-order chi connectivity index (χ0) is 39.0. The number of rotatable bonds is 15. The van der Waals surface area contributed by atoms with E-state index >= 15 is 4.39 Å². The minimum atomic E-state index is -1.45. The number of alkyl halides is 1. The van der Waals surface area contributed by atoms with Crippen molar-refractivity contribution >= 4 is 41.9 Å². The molecule has 0 saturated heterocycles. The molecular formula is C35H41F2N7O9. The second kappa shape index (κ2) is 20.0. The Morgan fingerprint density at radius 3 is 2.38 bits per heavy atom. The highest BCUT2D eigenvalue weighted by atomic mass is 19.1. The molecule has 0 aliphatic rings. The van der Waals surface area contributed by atoms with E-state index in [2.05, 4.69) is 25.3 Å². The van der Waals surface area contributed by atoms with E-state index in [9.17, 15) is 18.8 Å². The van der Waals surface area contributed by atoms with Crippen molar-refractivity contribution in [3.8, 4) is 5.75 Å². The number of esters is 1. The van der Waals surface area contributed by atoms with E-state index in [0.717, 1.165) is 0 Å². The molecule has 0 unspecified atom stereocenters. The van der Waals surface area contributed by atoms with E-state index in [4.69, 9.17) is 39.6 Å². The molecule has 0 spiro atoms. The molecule has 4 N–H and O–H groups in total. The Kier molecular flexibility index (Phi) is 15.6. The maximum absolute atomic E-state index is 16.2. The zero-order valence-electron chi connectivity index (χ0n) is 29.8. The van der Waals surface area contributed by atoms with Crippen LogP contribution in [0.4, 0.5) is 24.3 Å². The number of alkyl carbamates (subject to hydrolysis) is 1. The number of hydrogen-bond donors (Lipinski definition) is 3. The predicted octanol–water partition coefficient (Wildman–Crippen LogP) is 5.18. The lowest BCUT2D eigenvalue weighted by Gasteiger charge is -2.21. The molecule has 1 aromatic heterocycles. The van der Waals surface area contributed by atoms with E-state index in [1.165, 1.54) is 39.2 Å². The van der Waals surface area contributed by atoms with Gasteiger partial charge in [0.05, 0.1) is 6.61 Å². The molecule has 1 amide bonds. The normalized spacial score (nSPS) is 12.3. The van der Waals surface area contributed by atoms with E-state index in [-0.39, 0.29) is 55.2 Å². The molecule has 18 heteroatoms. The van der Waals surface area contributed by atoms with Crippen LogP contribution in [0, 0.1) is 18.2 Å². The maximum atomic E-state index is 16.2. The lowest BCUT2D eigenvalue weighted by atomic mass is 9.89. The molecule has 0 fully saturated rings. The van der Waals surface area contributed by atoms with Crippen LogP contribution in [-0.2, 0) is 34.9 Å². The topological polar surface area (TPSA) is 219 Å². The number of aryl methyl sites for hydroxylation is 1. The first kappa shape index (κ1) is 41.2.